The molecule has 4 rings (SSSR count). The summed E-state index contributed by atoms with van der Waals surface area (Å²) in [5.41, 5.74) is 2.22. The first-order chi connectivity index (χ1) is 15.1. The summed E-state index contributed by atoms with van der Waals surface area (Å²) >= 11 is 1.71. The van der Waals surface area contributed by atoms with E-state index in [0.29, 0.717) is 5.30 Å². The molecule has 0 amide bonds. The molecule has 4 aromatic rings. The minimum atomic E-state index is -3.56. The average Bonchev–Trinajstić information content (AvgIpc) is 3.22. The molecule has 0 spiro atoms. The van der Waals surface area contributed by atoms with Gasteiger partial charge in [-0.05, 0) is 76.6 Å². The Bertz CT molecular complexity index is 1280. The van der Waals surface area contributed by atoms with E-state index in [1.54, 1.807) is 11.3 Å². The van der Waals surface area contributed by atoms with Gasteiger partial charge in [-0.2, -0.15) is 0 Å². The Hall–Kier alpha value is -2.30. The van der Waals surface area contributed by atoms with Crippen LogP contribution in [0.5, 0.6) is 0 Å². The van der Waals surface area contributed by atoms with Crippen molar-refractivity contribution < 1.29 is 13.6 Å². The zero-order valence-electron chi connectivity index (χ0n) is 19.0. The van der Waals surface area contributed by atoms with Crippen LogP contribution in [0.3, 0.4) is 0 Å². The molecule has 4 nitrogen and oxygen atoms in total. The second kappa shape index (κ2) is 8.92. The first-order valence-electron chi connectivity index (χ1n) is 10.7. The summed E-state index contributed by atoms with van der Waals surface area (Å²) in [6.45, 7) is 9.37. The molecule has 0 N–H and O–H groups in total. The van der Waals surface area contributed by atoms with E-state index in [1.165, 1.54) is 10.4 Å². The van der Waals surface area contributed by atoms with Crippen LogP contribution in [-0.2, 0) is 13.6 Å². The smallest absolute Gasteiger partial charge is 0.302 e. The van der Waals surface area contributed by atoms with Crippen LogP contribution in [0.15, 0.2) is 72.8 Å². The maximum Gasteiger partial charge on any atom is 0.362 e. The zero-order chi connectivity index (χ0) is 22.9. The van der Waals surface area contributed by atoms with Crippen LogP contribution in [0.1, 0.15) is 34.6 Å². The van der Waals surface area contributed by atoms with Crippen molar-refractivity contribution in [3.8, 4) is 21.0 Å². The molecule has 0 bridgehead atoms. The number of pyridine rings is 1. The van der Waals surface area contributed by atoms with E-state index in [0.717, 1.165) is 21.5 Å². The fourth-order valence-electron chi connectivity index (χ4n) is 3.51. The SMILES string of the molecule is CC(C)OP(=O)(OC(C)(C)C)c1cccc2nc(-c3ccc(-c4ccccc4)s3)ccc12. The van der Waals surface area contributed by atoms with E-state index in [9.17, 15) is 4.57 Å². The van der Waals surface area contributed by atoms with Gasteiger partial charge >= 0.3 is 7.60 Å². The van der Waals surface area contributed by atoms with Crippen molar-refractivity contribution in [2.45, 2.75) is 46.3 Å². The van der Waals surface area contributed by atoms with Crippen LogP contribution in [0.2, 0.25) is 0 Å². The van der Waals surface area contributed by atoms with E-state index >= 15 is 0 Å². The van der Waals surface area contributed by atoms with E-state index in [4.69, 9.17) is 14.0 Å². The van der Waals surface area contributed by atoms with E-state index < -0.39 is 13.2 Å². The summed E-state index contributed by atoms with van der Waals surface area (Å²) in [4.78, 5) is 7.17. The molecule has 1 atom stereocenters. The first-order valence-corrected chi connectivity index (χ1v) is 13.1. The fraction of sp³-hybridized carbons (Fsp3) is 0.269. The Labute approximate surface area is 193 Å². The van der Waals surface area contributed by atoms with E-state index in [1.807, 2.05) is 83.1 Å². The Morgan fingerprint density at radius 1 is 0.875 bits per heavy atom. The third kappa shape index (κ3) is 5.02. The van der Waals surface area contributed by atoms with Gasteiger partial charge in [0.1, 0.15) is 0 Å². The summed E-state index contributed by atoms with van der Waals surface area (Å²) in [5.74, 6) is 0. The highest BCUT2D eigenvalue weighted by atomic mass is 32.1. The highest BCUT2D eigenvalue weighted by Crippen LogP contribution is 2.52. The number of fused-ring (bicyclic) bond motifs is 1. The summed E-state index contributed by atoms with van der Waals surface area (Å²) < 4.78 is 25.8. The van der Waals surface area contributed by atoms with Gasteiger partial charge < -0.3 is 4.52 Å². The first kappa shape index (κ1) is 22.9. The number of nitrogens with zero attached hydrogens (tertiary/aromatic N) is 1. The van der Waals surface area contributed by atoms with Gasteiger partial charge in [-0.25, -0.2) is 4.98 Å². The number of hydrogen-bond acceptors (Lipinski definition) is 5. The Morgan fingerprint density at radius 3 is 2.28 bits per heavy atom. The summed E-state index contributed by atoms with van der Waals surface area (Å²) in [6.07, 6.45) is -0.242. The highest BCUT2D eigenvalue weighted by Gasteiger charge is 2.35. The number of aromatic nitrogens is 1. The van der Waals surface area contributed by atoms with E-state index in [2.05, 4.69) is 24.3 Å². The third-order valence-electron chi connectivity index (χ3n) is 4.66. The maximum atomic E-state index is 13.9. The summed E-state index contributed by atoms with van der Waals surface area (Å²) in [5, 5.41) is 1.33. The second-order valence-electron chi connectivity index (χ2n) is 8.93. The van der Waals surface area contributed by atoms with Crippen molar-refractivity contribution in [3.63, 3.8) is 0 Å². The normalized spacial score (nSPS) is 14.1. The molecule has 6 heteroatoms. The zero-order valence-corrected chi connectivity index (χ0v) is 20.7. The monoisotopic (exact) mass is 465 g/mol. The molecule has 0 aliphatic rings. The molecule has 0 radical (unpaired) electrons. The third-order valence-corrected chi connectivity index (χ3v) is 8.29. The van der Waals surface area contributed by atoms with Crippen molar-refractivity contribution in [2.24, 2.45) is 0 Å². The average molecular weight is 466 g/mol. The second-order valence-corrected chi connectivity index (χ2v) is 11.9. The minimum Gasteiger partial charge on any atom is -0.302 e. The van der Waals surface area contributed by atoms with Crippen molar-refractivity contribution in [1.82, 2.24) is 4.98 Å². The van der Waals surface area contributed by atoms with Crippen LogP contribution in [-0.4, -0.2) is 16.7 Å². The van der Waals surface area contributed by atoms with Crippen LogP contribution in [0.25, 0.3) is 31.9 Å². The molecule has 0 aliphatic heterocycles. The van der Waals surface area contributed by atoms with Gasteiger partial charge in [0.05, 0.1) is 33.1 Å². The quantitative estimate of drug-likeness (QED) is 0.274. The molecule has 0 saturated carbocycles. The standard InChI is InChI=1S/C26H28NO3PS/c1-18(2)29-31(28,30-26(3,4)5)23-13-9-12-21-20(23)14-15-22(27-21)25-17-16-24(32-25)19-10-7-6-8-11-19/h6-18H,1-5H3. The molecule has 166 valence electrons. The summed E-state index contributed by atoms with van der Waals surface area (Å²) in [7, 11) is -3.56. The van der Waals surface area contributed by atoms with Crippen LogP contribution >= 0.6 is 18.9 Å². The van der Waals surface area contributed by atoms with Crippen molar-refractivity contribution in [2.75, 3.05) is 0 Å². The molecule has 1 unspecified atom stereocenters. The van der Waals surface area contributed by atoms with Crippen LogP contribution in [0.4, 0.5) is 0 Å². The lowest BCUT2D eigenvalue weighted by Crippen LogP contribution is -2.24. The van der Waals surface area contributed by atoms with Crippen LogP contribution in [0, 0.1) is 0 Å². The van der Waals surface area contributed by atoms with Gasteiger partial charge in [0, 0.05) is 10.3 Å². The number of hydrogen-bond donors (Lipinski definition) is 0. The predicted molar refractivity (Wildman–Crippen MR) is 135 cm³/mol. The largest absolute Gasteiger partial charge is 0.362 e. The fourth-order valence-corrected chi connectivity index (χ4v) is 6.78. The molecular weight excluding hydrogens is 437 g/mol. The molecule has 0 fully saturated rings. The van der Waals surface area contributed by atoms with Gasteiger partial charge in [0.2, 0.25) is 0 Å². The highest BCUT2D eigenvalue weighted by molar-refractivity contribution is 7.62. The molecule has 0 aliphatic carbocycles. The lowest BCUT2D eigenvalue weighted by atomic mass is 10.2. The number of rotatable bonds is 6. The lowest BCUT2D eigenvalue weighted by Gasteiger charge is -2.29. The number of thiophene rings is 1. The van der Waals surface area contributed by atoms with E-state index in [-0.39, 0.29) is 6.10 Å². The maximum absolute atomic E-state index is 13.9. The van der Waals surface area contributed by atoms with Gasteiger partial charge in [0.15, 0.2) is 0 Å². The topological polar surface area (TPSA) is 48.4 Å². The summed E-state index contributed by atoms with van der Waals surface area (Å²) in [6, 6.07) is 24.1. The number of benzene rings is 2. The molecular formula is C26H28NO3PS. The molecule has 0 saturated heterocycles. The molecule has 32 heavy (non-hydrogen) atoms. The van der Waals surface area contributed by atoms with Gasteiger partial charge in [-0.15, -0.1) is 11.3 Å². The Balaban J connectivity index is 1.76. The predicted octanol–water partition coefficient (Wildman–Crippen LogP) is 7.69. The van der Waals surface area contributed by atoms with Crippen LogP contribution < -0.4 is 5.30 Å². The molecule has 2 heterocycles. The van der Waals surface area contributed by atoms with Crippen molar-refractivity contribution in [3.05, 3.63) is 72.8 Å². The van der Waals surface area contributed by atoms with Gasteiger partial charge in [0.25, 0.3) is 0 Å². The lowest BCUT2D eigenvalue weighted by molar-refractivity contribution is 0.0882. The molecule has 2 aromatic heterocycles. The van der Waals surface area contributed by atoms with Gasteiger partial charge in [-0.3, -0.25) is 9.09 Å². The van der Waals surface area contributed by atoms with Crippen molar-refractivity contribution in [1.29, 1.82) is 0 Å². The van der Waals surface area contributed by atoms with Crippen molar-refractivity contribution >= 4 is 35.1 Å². The van der Waals surface area contributed by atoms with Gasteiger partial charge in [-0.1, -0.05) is 36.4 Å². The molecule has 2 aromatic carbocycles. The minimum absolute atomic E-state index is 0.242. The Morgan fingerprint density at radius 2 is 1.59 bits per heavy atom. The Kier molecular flexibility index (Phi) is 6.37.